The second-order valence-electron chi connectivity index (χ2n) is 4.23. The maximum absolute atomic E-state index is 12.3. The van der Waals surface area contributed by atoms with Crippen molar-refractivity contribution >= 4 is 38.6 Å². The van der Waals surface area contributed by atoms with Crippen molar-refractivity contribution in [1.82, 2.24) is 4.72 Å². The summed E-state index contributed by atoms with van der Waals surface area (Å²) in [6, 6.07) is 6.46. The minimum Gasteiger partial charge on any atom is -0.258 e. The van der Waals surface area contributed by atoms with E-state index in [0.29, 0.717) is 0 Å². The van der Waals surface area contributed by atoms with E-state index in [1.54, 1.807) is 13.0 Å². The fourth-order valence-corrected chi connectivity index (χ4v) is 4.25. The highest BCUT2D eigenvalue weighted by Crippen LogP contribution is 2.28. The van der Waals surface area contributed by atoms with E-state index in [1.807, 2.05) is 11.4 Å². The van der Waals surface area contributed by atoms with Crippen LogP contribution in [0.3, 0.4) is 0 Å². The molecule has 0 aliphatic heterocycles. The van der Waals surface area contributed by atoms with Crippen molar-refractivity contribution in [2.24, 2.45) is 0 Å². The van der Waals surface area contributed by atoms with Gasteiger partial charge in [-0.3, -0.25) is 10.1 Å². The molecule has 0 fully saturated rings. The Morgan fingerprint density at radius 2 is 2.10 bits per heavy atom. The summed E-state index contributed by atoms with van der Waals surface area (Å²) in [4.78, 5) is 10.6. The number of nitro benzene ring substituents is 1. The van der Waals surface area contributed by atoms with E-state index >= 15 is 0 Å². The Labute approximate surface area is 130 Å². The fraction of sp³-hybridized carbons (Fsp3) is 0.167. The van der Waals surface area contributed by atoms with Crippen molar-refractivity contribution in [3.05, 3.63) is 55.7 Å². The van der Waals surface area contributed by atoms with Gasteiger partial charge in [0, 0.05) is 17.0 Å². The molecule has 0 saturated heterocycles. The monoisotopic (exact) mass is 346 g/mol. The Morgan fingerprint density at radius 3 is 2.67 bits per heavy atom. The number of non-ortho nitro benzene ring substituents is 1. The zero-order valence-electron chi connectivity index (χ0n) is 10.8. The number of benzene rings is 1. The van der Waals surface area contributed by atoms with Crippen LogP contribution in [-0.4, -0.2) is 13.3 Å². The zero-order valence-corrected chi connectivity index (χ0v) is 13.2. The van der Waals surface area contributed by atoms with Gasteiger partial charge in [-0.15, -0.1) is 11.3 Å². The number of halogens is 1. The summed E-state index contributed by atoms with van der Waals surface area (Å²) in [6.45, 7) is 1.69. The summed E-state index contributed by atoms with van der Waals surface area (Å²) in [5.74, 6) is 0. The minimum atomic E-state index is -3.95. The van der Waals surface area contributed by atoms with Crippen LogP contribution in [0.5, 0.6) is 0 Å². The number of nitrogens with one attached hydrogen (secondary N) is 1. The molecule has 0 radical (unpaired) electrons. The van der Waals surface area contributed by atoms with E-state index in [0.717, 1.165) is 17.0 Å². The zero-order chi connectivity index (χ0) is 15.6. The molecule has 0 spiro atoms. The maximum atomic E-state index is 12.3. The molecule has 0 aliphatic rings. The van der Waals surface area contributed by atoms with Crippen LogP contribution in [0.15, 0.2) is 40.6 Å². The highest BCUT2D eigenvalue weighted by Gasteiger charge is 2.24. The van der Waals surface area contributed by atoms with Gasteiger partial charge in [0.2, 0.25) is 10.0 Å². The second kappa shape index (κ2) is 6.10. The molecule has 112 valence electrons. The number of nitrogens with zero attached hydrogens (tertiary/aromatic N) is 1. The molecule has 2 rings (SSSR count). The van der Waals surface area contributed by atoms with Crippen LogP contribution in [0.2, 0.25) is 5.02 Å². The third-order valence-electron chi connectivity index (χ3n) is 2.72. The van der Waals surface area contributed by atoms with Gasteiger partial charge >= 0.3 is 0 Å². The third-order valence-corrected chi connectivity index (χ3v) is 5.79. The first kappa shape index (κ1) is 15.9. The Bertz CT molecular complexity index is 760. The van der Waals surface area contributed by atoms with Gasteiger partial charge in [0.05, 0.1) is 16.0 Å². The molecule has 0 saturated carbocycles. The van der Waals surface area contributed by atoms with E-state index in [2.05, 4.69) is 4.72 Å². The average Bonchev–Trinajstić information content (AvgIpc) is 2.92. The first-order chi connectivity index (χ1) is 9.81. The maximum Gasteiger partial charge on any atom is 0.270 e. The highest BCUT2D eigenvalue weighted by molar-refractivity contribution is 7.89. The first-order valence-corrected chi connectivity index (χ1v) is 8.55. The highest BCUT2D eigenvalue weighted by atomic mass is 35.5. The standard InChI is InChI=1S/C12H11ClN2O4S2/c1-8(11-3-2-6-20-11)14-21(18,19)12-7-9(15(16)17)4-5-10(12)13/h2-8,14H,1H3. The lowest BCUT2D eigenvalue weighted by atomic mass is 10.3. The lowest BCUT2D eigenvalue weighted by Crippen LogP contribution is -2.26. The van der Waals surface area contributed by atoms with Crippen LogP contribution in [0.25, 0.3) is 0 Å². The molecule has 1 N–H and O–H groups in total. The van der Waals surface area contributed by atoms with Crippen LogP contribution < -0.4 is 4.72 Å². The molecular formula is C12H11ClN2O4S2. The topological polar surface area (TPSA) is 89.3 Å². The molecular weight excluding hydrogens is 336 g/mol. The summed E-state index contributed by atoms with van der Waals surface area (Å²) in [6.07, 6.45) is 0. The van der Waals surface area contributed by atoms with Crippen molar-refractivity contribution < 1.29 is 13.3 Å². The van der Waals surface area contributed by atoms with Gasteiger partial charge in [-0.2, -0.15) is 0 Å². The van der Waals surface area contributed by atoms with Gasteiger partial charge in [-0.05, 0) is 24.4 Å². The number of hydrogen-bond acceptors (Lipinski definition) is 5. The van der Waals surface area contributed by atoms with Crippen LogP contribution in [0.1, 0.15) is 17.8 Å². The number of nitro groups is 1. The first-order valence-electron chi connectivity index (χ1n) is 5.81. The van der Waals surface area contributed by atoms with Crippen LogP contribution >= 0.6 is 22.9 Å². The van der Waals surface area contributed by atoms with Crippen LogP contribution in [0, 0.1) is 10.1 Å². The Morgan fingerprint density at radius 1 is 1.38 bits per heavy atom. The van der Waals surface area contributed by atoms with E-state index < -0.39 is 21.0 Å². The number of rotatable bonds is 5. The number of thiophene rings is 1. The fourth-order valence-electron chi connectivity index (χ4n) is 1.70. The quantitative estimate of drug-likeness (QED) is 0.664. The molecule has 21 heavy (non-hydrogen) atoms. The third kappa shape index (κ3) is 3.59. The molecule has 0 aliphatic carbocycles. The molecule has 1 atom stereocenters. The summed E-state index contributed by atoms with van der Waals surface area (Å²) in [7, 11) is -3.95. The van der Waals surface area contributed by atoms with E-state index in [4.69, 9.17) is 11.6 Å². The lowest BCUT2D eigenvalue weighted by Gasteiger charge is -2.13. The summed E-state index contributed by atoms with van der Waals surface area (Å²) < 4.78 is 27.1. The molecule has 9 heteroatoms. The normalized spacial score (nSPS) is 13.0. The number of hydrogen-bond donors (Lipinski definition) is 1. The van der Waals surface area contributed by atoms with Gasteiger partial charge in [0.15, 0.2) is 0 Å². The Kier molecular flexibility index (Phi) is 4.62. The Hall–Kier alpha value is -1.48. The largest absolute Gasteiger partial charge is 0.270 e. The molecule has 0 amide bonds. The second-order valence-corrected chi connectivity index (χ2v) is 7.30. The van der Waals surface area contributed by atoms with E-state index in [1.165, 1.54) is 17.4 Å². The van der Waals surface area contributed by atoms with E-state index in [-0.39, 0.29) is 15.6 Å². The molecule has 0 bridgehead atoms. The summed E-state index contributed by atoms with van der Waals surface area (Å²) in [5, 5.41) is 12.5. The average molecular weight is 347 g/mol. The molecule has 2 aromatic rings. The summed E-state index contributed by atoms with van der Waals surface area (Å²) >= 11 is 7.27. The molecule has 1 aromatic heterocycles. The van der Waals surface area contributed by atoms with Crippen molar-refractivity contribution in [3.63, 3.8) is 0 Å². The van der Waals surface area contributed by atoms with Crippen molar-refractivity contribution in [1.29, 1.82) is 0 Å². The van der Waals surface area contributed by atoms with Gasteiger partial charge < -0.3 is 0 Å². The van der Waals surface area contributed by atoms with Gasteiger partial charge in [0.25, 0.3) is 5.69 Å². The van der Waals surface area contributed by atoms with Gasteiger partial charge in [-0.25, -0.2) is 13.1 Å². The van der Waals surface area contributed by atoms with E-state index in [9.17, 15) is 18.5 Å². The van der Waals surface area contributed by atoms with Gasteiger partial charge in [-0.1, -0.05) is 17.7 Å². The van der Waals surface area contributed by atoms with Crippen molar-refractivity contribution in [2.75, 3.05) is 0 Å². The predicted molar refractivity (Wildman–Crippen MR) is 81.2 cm³/mol. The predicted octanol–water partition coefficient (Wildman–Crippen LogP) is 3.35. The lowest BCUT2D eigenvalue weighted by molar-refractivity contribution is -0.385. The summed E-state index contributed by atoms with van der Waals surface area (Å²) in [5.41, 5.74) is -0.330. The van der Waals surface area contributed by atoms with Crippen LogP contribution in [-0.2, 0) is 10.0 Å². The molecule has 6 nitrogen and oxygen atoms in total. The van der Waals surface area contributed by atoms with Crippen LogP contribution in [0.4, 0.5) is 5.69 Å². The van der Waals surface area contributed by atoms with Gasteiger partial charge in [0.1, 0.15) is 4.90 Å². The smallest absolute Gasteiger partial charge is 0.258 e. The SMILES string of the molecule is CC(NS(=O)(=O)c1cc([N+](=O)[O-])ccc1Cl)c1cccs1. The molecule has 1 unspecified atom stereocenters. The molecule has 1 heterocycles. The van der Waals surface area contributed by atoms with Crippen molar-refractivity contribution in [3.8, 4) is 0 Å². The minimum absolute atomic E-state index is 0.0634. The Balaban J connectivity index is 2.35. The molecule has 1 aromatic carbocycles. The van der Waals surface area contributed by atoms with Crippen molar-refractivity contribution in [2.45, 2.75) is 17.9 Å². The number of sulfonamides is 1.